The van der Waals surface area contributed by atoms with Gasteiger partial charge in [0.15, 0.2) is 5.96 Å². The van der Waals surface area contributed by atoms with Crippen molar-refractivity contribution in [1.29, 1.82) is 0 Å². The molecule has 8 nitrogen and oxygen atoms in total. The van der Waals surface area contributed by atoms with Gasteiger partial charge >= 0.3 is 0 Å². The zero-order valence-corrected chi connectivity index (χ0v) is 18.6. The van der Waals surface area contributed by atoms with E-state index in [0.29, 0.717) is 12.3 Å². The van der Waals surface area contributed by atoms with Crippen molar-refractivity contribution in [2.24, 2.45) is 4.99 Å². The third-order valence-electron chi connectivity index (χ3n) is 5.41. The highest BCUT2D eigenvalue weighted by molar-refractivity contribution is 7.09. The van der Waals surface area contributed by atoms with Crippen LogP contribution in [0.4, 0.5) is 5.69 Å². The fourth-order valence-electron chi connectivity index (χ4n) is 3.74. The van der Waals surface area contributed by atoms with E-state index in [1.165, 1.54) is 4.88 Å². The summed E-state index contributed by atoms with van der Waals surface area (Å²) >= 11 is 1.73. The van der Waals surface area contributed by atoms with Crippen LogP contribution in [-0.4, -0.2) is 63.5 Å². The number of phenols is 1. The highest BCUT2D eigenvalue weighted by atomic mass is 32.1. The zero-order chi connectivity index (χ0) is 21.5. The van der Waals surface area contributed by atoms with Crippen molar-refractivity contribution in [1.82, 2.24) is 25.0 Å². The molecule has 0 unspecified atom stereocenters. The average molecular weight is 440 g/mol. The molecule has 0 spiro atoms. The van der Waals surface area contributed by atoms with Gasteiger partial charge in [0.25, 0.3) is 0 Å². The molecule has 1 aromatic carbocycles. The quantitative estimate of drug-likeness (QED) is 0.435. The fraction of sp³-hybridized carbons (Fsp3) is 0.409. The first kappa shape index (κ1) is 21.2. The summed E-state index contributed by atoms with van der Waals surface area (Å²) in [4.78, 5) is 10.7. The van der Waals surface area contributed by atoms with E-state index in [-0.39, 0.29) is 0 Å². The monoisotopic (exact) mass is 439 g/mol. The molecule has 0 amide bonds. The summed E-state index contributed by atoms with van der Waals surface area (Å²) in [6.07, 6.45) is 2.65. The molecular weight excluding hydrogens is 410 g/mol. The highest BCUT2D eigenvalue weighted by Gasteiger charge is 2.21. The average Bonchev–Trinajstić information content (AvgIpc) is 3.48. The minimum atomic E-state index is 0.335. The van der Waals surface area contributed by atoms with E-state index in [1.807, 2.05) is 18.2 Å². The van der Waals surface area contributed by atoms with Crippen LogP contribution in [0.3, 0.4) is 0 Å². The van der Waals surface area contributed by atoms with Gasteiger partial charge in [0.1, 0.15) is 17.9 Å². The molecule has 1 fully saturated rings. The van der Waals surface area contributed by atoms with Crippen molar-refractivity contribution < 1.29 is 5.11 Å². The Hall–Kier alpha value is -3.07. The number of phenolic OH excluding ortho intramolecular Hbond substituents is 1. The maximum atomic E-state index is 10.2. The first-order chi connectivity index (χ1) is 15.2. The van der Waals surface area contributed by atoms with Crippen LogP contribution in [0.5, 0.6) is 5.75 Å². The Labute approximate surface area is 186 Å². The maximum absolute atomic E-state index is 10.2. The molecule has 2 N–H and O–H groups in total. The lowest BCUT2D eigenvalue weighted by Crippen LogP contribution is -2.53. The van der Waals surface area contributed by atoms with Crippen molar-refractivity contribution >= 4 is 23.0 Å². The van der Waals surface area contributed by atoms with Crippen molar-refractivity contribution in [3.05, 3.63) is 58.8 Å². The summed E-state index contributed by atoms with van der Waals surface area (Å²) < 4.78 is 2.08. The van der Waals surface area contributed by atoms with Gasteiger partial charge in [-0.25, -0.2) is 4.99 Å². The number of rotatable bonds is 7. The fourth-order valence-corrected chi connectivity index (χ4v) is 4.37. The molecule has 0 saturated carbocycles. The van der Waals surface area contributed by atoms with E-state index in [1.54, 1.807) is 23.7 Å². The predicted molar refractivity (Wildman–Crippen MR) is 125 cm³/mol. The number of anilines is 1. The number of piperazine rings is 1. The van der Waals surface area contributed by atoms with E-state index in [2.05, 4.69) is 54.3 Å². The molecular formula is C22H29N7OS. The van der Waals surface area contributed by atoms with E-state index in [9.17, 15) is 5.11 Å². The Morgan fingerprint density at radius 1 is 1.16 bits per heavy atom. The number of aryl methyl sites for hydroxylation is 1. The first-order valence-corrected chi connectivity index (χ1v) is 11.6. The number of aromatic nitrogens is 3. The number of benzene rings is 1. The number of aromatic hydroxyl groups is 1. The SMILES string of the molecule is CCc1nncn1CCNC(=NCc1cccs1)N1CCN(c2ccccc2O)CC1. The number of aliphatic imine (C=N–C) groups is 1. The van der Waals surface area contributed by atoms with Crippen LogP contribution in [-0.2, 0) is 19.5 Å². The van der Waals surface area contributed by atoms with Gasteiger partial charge in [0, 0.05) is 50.6 Å². The van der Waals surface area contributed by atoms with E-state index in [0.717, 1.165) is 63.2 Å². The normalized spacial score (nSPS) is 14.8. The van der Waals surface area contributed by atoms with Crippen LogP contribution < -0.4 is 10.2 Å². The molecule has 164 valence electrons. The Bertz CT molecular complexity index is 977. The zero-order valence-electron chi connectivity index (χ0n) is 17.8. The van der Waals surface area contributed by atoms with Gasteiger partial charge in [-0.3, -0.25) is 0 Å². The molecule has 2 aromatic heterocycles. The van der Waals surface area contributed by atoms with Crippen molar-refractivity contribution in [2.75, 3.05) is 37.6 Å². The second-order valence-electron chi connectivity index (χ2n) is 7.40. The molecule has 1 aliphatic rings. The first-order valence-electron chi connectivity index (χ1n) is 10.7. The molecule has 0 bridgehead atoms. The number of hydrogen-bond acceptors (Lipinski definition) is 6. The van der Waals surface area contributed by atoms with Crippen molar-refractivity contribution in [3.8, 4) is 5.75 Å². The Morgan fingerprint density at radius 2 is 2.00 bits per heavy atom. The van der Waals surface area contributed by atoms with Gasteiger partial charge in [-0.1, -0.05) is 25.1 Å². The smallest absolute Gasteiger partial charge is 0.194 e. The summed E-state index contributed by atoms with van der Waals surface area (Å²) in [6.45, 7) is 7.68. The Balaban J connectivity index is 1.39. The van der Waals surface area contributed by atoms with Gasteiger partial charge in [0.2, 0.25) is 0 Å². The summed E-state index contributed by atoms with van der Waals surface area (Å²) in [6, 6.07) is 11.7. The van der Waals surface area contributed by atoms with Crippen LogP contribution in [0.25, 0.3) is 0 Å². The molecule has 3 heterocycles. The standard InChI is InChI=1S/C22H29N7OS/c1-2-21-26-25-17-29(21)10-9-23-22(24-16-18-6-5-15-31-18)28-13-11-27(12-14-28)19-7-3-4-8-20(19)30/h3-8,15,17,30H,2,9-14,16H2,1H3,(H,23,24). The molecule has 0 radical (unpaired) electrons. The molecule has 9 heteroatoms. The Morgan fingerprint density at radius 3 is 2.74 bits per heavy atom. The van der Waals surface area contributed by atoms with Crippen LogP contribution >= 0.6 is 11.3 Å². The highest BCUT2D eigenvalue weighted by Crippen LogP contribution is 2.27. The van der Waals surface area contributed by atoms with Crippen molar-refractivity contribution in [2.45, 2.75) is 26.4 Å². The number of nitrogens with zero attached hydrogens (tertiary/aromatic N) is 6. The van der Waals surface area contributed by atoms with Crippen LogP contribution in [0.15, 0.2) is 53.1 Å². The number of nitrogens with one attached hydrogen (secondary N) is 1. The van der Waals surface area contributed by atoms with Gasteiger partial charge in [-0.15, -0.1) is 21.5 Å². The molecule has 3 aromatic rings. The molecule has 1 saturated heterocycles. The van der Waals surface area contributed by atoms with Crippen LogP contribution in [0.2, 0.25) is 0 Å². The lowest BCUT2D eigenvalue weighted by atomic mass is 10.2. The van der Waals surface area contributed by atoms with Gasteiger partial charge < -0.3 is 24.8 Å². The third kappa shape index (κ3) is 5.35. The second kappa shape index (κ2) is 10.3. The topological polar surface area (TPSA) is 81.8 Å². The molecule has 4 rings (SSSR count). The lowest BCUT2D eigenvalue weighted by Gasteiger charge is -2.38. The summed E-state index contributed by atoms with van der Waals surface area (Å²) in [7, 11) is 0. The summed E-state index contributed by atoms with van der Waals surface area (Å²) in [5.41, 5.74) is 0.895. The van der Waals surface area contributed by atoms with Gasteiger partial charge in [0.05, 0.1) is 12.2 Å². The van der Waals surface area contributed by atoms with Crippen LogP contribution in [0.1, 0.15) is 17.6 Å². The van der Waals surface area contributed by atoms with E-state index >= 15 is 0 Å². The van der Waals surface area contributed by atoms with E-state index < -0.39 is 0 Å². The number of thiophene rings is 1. The van der Waals surface area contributed by atoms with Crippen molar-refractivity contribution in [3.63, 3.8) is 0 Å². The summed E-state index contributed by atoms with van der Waals surface area (Å²) in [5, 5.41) is 24.0. The lowest BCUT2D eigenvalue weighted by molar-refractivity contribution is 0.368. The number of para-hydroxylation sites is 2. The summed E-state index contributed by atoms with van der Waals surface area (Å²) in [5.74, 6) is 2.26. The molecule has 0 aliphatic carbocycles. The van der Waals surface area contributed by atoms with E-state index in [4.69, 9.17) is 4.99 Å². The minimum Gasteiger partial charge on any atom is -0.506 e. The largest absolute Gasteiger partial charge is 0.506 e. The molecule has 31 heavy (non-hydrogen) atoms. The predicted octanol–water partition coefficient (Wildman–Crippen LogP) is 2.58. The third-order valence-corrected chi connectivity index (χ3v) is 6.28. The minimum absolute atomic E-state index is 0.335. The number of guanidine groups is 1. The molecule has 1 aliphatic heterocycles. The van der Waals surface area contributed by atoms with Gasteiger partial charge in [-0.2, -0.15) is 0 Å². The maximum Gasteiger partial charge on any atom is 0.194 e. The van der Waals surface area contributed by atoms with Gasteiger partial charge in [-0.05, 0) is 23.6 Å². The molecule has 0 atom stereocenters. The number of hydrogen-bond donors (Lipinski definition) is 2. The second-order valence-corrected chi connectivity index (χ2v) is 8.44. The van der Waals surface area contributed by atoms with Crippen LogP contribution in [0, 0.1) is 0 Å². The Kier molecular flexibility index (Phi) is 7.03.